The molecule has 2 saturated heterocycles. The molecule has 0 spiro atoms. The normalized spacial score (nSPS) is 18.0. The zero-order chi connectivity index (χ0) is 22.7. The predicted molar refractivity (Wildman–Crippen MR) is 119 cm³/mol. The number of carbonyl (C=O) groups is 2. The van der Waals surface area contributed by atoms with Gasteiger partial charge < -0.3 is 14.5 Å². The molecule has 0 atom stereocenters. The molecule has 170 valence electrons. The van der Waals surface area contributed by atoms with Crippen molar-refractivity contribution in [2.24, 2.45) is 0 Å². The number of pyridine rings is 1. The fraction of sp³-hybridized carbons (Fsp3) is 0.480. The number of benzene rings is 1. The maximum Gasteiger partial charge on any atom is 0.255 e. The third kappa shape index (κ3) is 4.53. The van der Waals surface area contributed by atoms with Gasteiger partial charge in [0.15, 0.2) is 0 Å². The molecule has 1 aromatic heterocycles. The minimum atomic E-state index is -0.919. The maximum atomic E-state index is 14.3. The lowest BCUT2D eigenvalue weighted by atomic mass is 9.81. The predicted octanol–water partition coefficient (Wildman–Crippen LogP) is 3.38. The Morgan fingerprint density at radius 3 is 2.31 bits per heavy atom. The summed E-state index contributed by atoms with van der Waals surface area (Å²) < 4.78 is 19.6. The van der Waals surface area contributed by atoms with Gasteiger partial charge in [0, 0.05) is 49.6 Å². The Labute approximate surface area is 188 Å². The van der Waals surface area contributed by atoms with Gasteiger partial charge in [-0.05, 0) is 44.9 Å². The lowest BCUT2D eigenvalue weighted by Gasteiger charge is -2.37. The van der Waals surface area contributed by atoms with Gasteiger partial charge in [0.2, 0.25) is 5.91 Å². The second-order valence-corrected chi connectivity index (χ2v) is 9.05. The first kappa shape index (κ1) is 22.4. The summed E-state index contributed by atoms with van der Waals surface area (Å²) >= 11 is 0. The molecule has 0 radical (unpaired) electrons. The molecule has 6 nitrogen and oxygen atoms in total. The van der Waals surface area contributed by atoms with E-state index in [1.807, 2.05) is 17.0 Å². The maximum absolute atomic E-state index is 14.3. The van der Waals surface area contributed by atoms with E-state index in [0.717, 1.165) is 18.5 Å². The summed E-state index contributed by atoms with van der Waals surface area (Å²) in [6.45, 7) is 7.14. The van der Waals surface area contributed by atoms with Crippen LogP contribution >= 0.6 is 0 Å². The Hall–Kier alpha value is -2.80. The molecule has 2 amide bonds. The van der Waals surface area contributed by atoms with Gasteiger partial charge in [0.1, 0.15) is 5.82 Å². The van der Waals surface area contributed by atoms with Crippen LogP contribution in [-0.4, -0.2) is 66.0 Å². The van der Waals surface area contributed by atoms with Crippen molar-refractivity contribution in [3.63, 3.8) is 0 Å². The number of morpholine rings is 1. The van der Waals surface area contributed by atoms with E-state index in [9.17, 15) is 14.0 Å². The van der Waals surface area contributed by atoms with Gasteiger partial charge in [-0.15, -0.1) is 0 Å². The Morgan fingerprint density at radius 2 is 1.69 bits per heavy atom. The van der Waals surface area contributed by atoms with Crippen molar-refractivity contribution in [1.29, 1.82) is 0 Å². The first-order chi connectivity index (χ1) is 15.4. The number of likely N-dealkylation sites (tertiary alicyclic amines) is 1. The van der Waals surface area contributed by atoms with Crippen molar-refractivity contribution in [2.45, 2.75) is 38.0 Å². The summed E-state index contributed by atoms with van der Waals surface area (Å²) in [6, 6.07) is 10.3. The van der Waals surface area contributed by atoms with Crippen LogP contribution in [0, 0.1) is 5.82 Å². The van der Waals surface area contributed by atoms with Gasteiger partial charge >= 0.3 is 0 Å². The van der Waals surface area contributed by atoms with Crippen LogP contribution in [0.15, 0.2) is 42.6 Å². The summed E-state index contributed by atoms with van der Waals surface area (Å²) in [5, 5.41) is 0. The van der Waals surface area contributed by atoms with Crippen molar-refractivity contribution in [3.05, 3.63) is 65.2 Å². The summed E-state index contributed by atoms with van der Waals surface area (Å²) in [7, 11) is 0. The van der Waals surface area contributed by atoms with Crippen LogP contribution in [0.3, 0.4) is 0 Å². The summed E-state index contributed by atoms with van der Waals surface area (Å²) in [5.74, 6) is -0.177. The number of amides is 2. The molecule has 7 heteroatoms. The topological polar surface area (TPSA) is 62.7 Å². The zero-order valence-electron chi connectivity index (χ0n) is 18.7. The summed E-state index contributed by atoms with van der Waals surface area (Å²) in [5.41, 5.74) is 1.05. The molecular formula is C25H30FN3O3. The molecule has 0 saturated carbocycles. The summed E-state index contributed by atoms with van der Waals surface area (Å²) in [6.07, 6.45) is 3.25. The van der Waals surface area contributed by atoms with Crippen LogP contribution in [0.1, 0.15) is 54.2 Å². The van der Waals surface area contributed by atoms with E-state index in [-0.39, 0.29) is 23.5 Å². The quantitative estimate of drug-likeness (QED) is 0.733. The third-order valence-corrected chi connectivity index (χ3v) is 6.61. The molecule has 4 rings (SSSR count). The fourth-order valence-electron chi connectivity index (χ4n) is 4.58. The molecule has 32 heavy (non-hydrogen) atoms. The number of hydrogen-bond donors (Lipinski definition) is 0. The minimum absolute atomic E-state index is 0.0110. The van der Waals surface area contributed by atoms with Crippen LogP contribution in [0.4, 0.5) is 4.39 Å². The van der Waals surface area contributed by atoms with Crippen molar-refractivity contribution >= 4 is 11.8 Å². The molecule has 1 aromatic carbocycles. The highest BCUT2D eigenvalue weighted by Crippen LogP contribution is 2.32. The highest BCUT2D eigenvalue weighted by Gasteiger charge is 2.37. The molecule has 0 N–H and O–H groups in total. The standard InChI is InChI=1S/C25H30FN3O3/c1-25(2,20-5-3-4-6-21(20)26)24(31)29-11-9-18(10-12-29)22-8-7-19(17-27-22)23(30)28-13-15-32-16-14-28/h3-8,17-18H,9-16H2,1-2H3. The van der Waals surface area contributed by atoms with Crippen LogP contribution in [0.5, 0.6) is 0 Å². The van der Waals surface area contributed by atoms with Gasteiger partial charge in [0.05, 0.1) is 24.2 Å². The SMILES string of the molecule is CC(C)(C(=O)N1CCC(c2ccc(C(=O)N3CCOCC3)cn2)CC1)c1ccccc1F. The van der Waals surface area contributed by atoms with Crippen LogP contribution in [0.25, 0.3) is 0 Å². The number of rotatable bonds is 4. The molecule has 0 aliphatic carbocycles. The molecule has 0 unspecified atom stereocenters. The smallest absolute Gasteiger partial charge is 0.255 e. The Morgan fingerprint density at radius 1 is 1.00 bits per heavy atom. The largest absolute Gasteiger partial charge is 0.378 e. The van der Waals surface area contributed by atoms with Crippen LogP contribution < -0.4 is 0 Å². The van der Waals surface area contributed by atoms with E-state index >= 15 is 0 Å². The van der Waals surface area contributed by atoms with E-state index in [2.05, 4.69) is 4.98 Å². The van der Waals surface area contributed by atoms with Gasteiger partial charge in [-0.3, -0.25) is 14.6 Å². The fourth-order valence-corrected chi connectivity index (χ4v) is 4.58. The third-order valence-electron chi connectivity index (χ3n) is 6.61. The molecule has 0 bridgehead atoms. The molecular weight excluding hydrogens is 409 g/mol. The number of carbonyl (C=O) groups excluding carboxylic acids is 2. The van der Waals surface area contributed by atoms with Gasteiger partial charge in [-0.2, -0.15) is 0 Å². The van der Waals surface area contributed by atoms with E-state index in [1.54, 1.807) is 43.1 Å². The lowest BCUT2D eigenvalue weighted by molar-refractivity contribution is -0.137. The number of halogens is 1. The molecule has 2 aliphatic heterocycles. The second kappa shape index (κ2) is 9.36. The second-order valence-electron chi connectivity index (χ2n) is 9.05. The monoisotopic (exact) mass is 439 g/mol. The first-order valence-electron chi connectivity index (χ1n) is 11.3. The summed E-state index contributed by atoms with van der Waals surface area (Å²) in [4.78, 5) is 34.0. The minimum Gasteiger partial charge on any atom is -0.378 e. The number of nitrogens with zero attached hydrogens (tertiary/aromatic N) is 3. The average molecular weight is 440 g/mol. The van der Waals surface area contributed by atoms with Crippen LogP contribution in [0.2, 0.25) is 0 Å². The zero-order valence-corrected chi connectivity index (χ0v) is 18.7. The van der Waals surface area contributed by atoms with E-state index < -0.39 is 5.41 Å². The lowest BCUT2D eigenvalue weighted by Crippen LogP contribution is -2.47. The van der Waals surface area contributed by atoms with Gasteiger partial charge in [-0.25, -0.2) is 4.39 Å². The van der Waals surface area contributed by atoms with Crippen molar-refractivity contribution < 1.29 is 18.7 Å². The molecule has 2 fully saturated rings. The van der Waals surface area contributed by atoms with E-state index in [0.29, 0.717) is 50.5 Å². The molecule has 3 heterocycles. The highest BCUT2D eigenvalue weighted by molar-refractivity contribution is 5.94. The van der Waals surface area contributed by atoms with E-state index in [1.165, 1.54) is 6.07 Å². The number of piperidine rings is 1. The Kier molecular flexibility index (Phi) is 6.55. The van der Waals surface area contributed by atoms with Gasteiger partial charge in [-0.1, -0.05) is 18.2 Å². The molecule has 2 aliphatic rings. The number of aromatic nitrogens is 1. The van der Waals surface area contributed by atoms with Crippen LogP contribution in [-0.2, 0) is 14.9 Å². The van der Waals surface area contributed by atoms with Crippen molar-refractivity contribution in [3.8, 4) is 0 Å². The highest BCUT2D eigenvalue weighted by atomic mass is 19.1. The van der Waals surface area contributed by atoms with E-state index in [4.69, 9.17) is 4.74 Å². The first-order valence-corrected chi connectivity index (χ1v) is 11.3. The van der Waals surface area contributed by atoms with Gasteiger partial charge in [0.25, 0.3) is 5.91 Å². The Balaban J connectivity index is 1.36. The van der Waals surface area contributed by atoms with Crippen molar-refractivity contribution in [2.75, 3.05) is 39.4 Å². The number of ether oxygens (including phenoxy) is 1. The average Bonchev–Trinajstić information content (AvgIpc) is 2.84. The number of hydrogen-bond acceptors (Lipinski definition) is 4. The molecule has 2 aromatic rings. The van der Waals surface area contributed by atoms with Crippen molar-refractivity contribution in [1.82, 2.24) is 14.8 Å². The Bertz CT molecular complexity index is 963.